The molecular formula is C10H8BrClN2S. The fraction of sp³-hybridized carbons (Fsp3) is 0.100. The number of halogens is 2. The minimum absolute atomic E-state index is 0.378. The average molecular weight is 304 g/mol. The van der Waals surface area contributed by atoms with Crippen molar-refractivity contribution in [3.8, 4) is 10.6 Å². The molecule has 0 atom stereocenters. The van der Waals surface area contributed by atoms with Crippen LogP contribution >= 0.6 is 38.9 Å². The molecule has 0 aliphatic rings. The number of nitrogens with zero attached hydrogens (tertiary/aromatic N) is 1. The topological polar surface area (TPSA) is 38.9 Å². The van der Waals surface area contributed by atoms with E-state index in [0.717, 1.165) is 20.7 Å². The first-order chi connectivity index (χ1) is 7.20. The molecule has 0 radical (unpaired) electrons. The number of nitrogens with two attached hydrogens (primary N) is 1. The lowest BCUT2D eigenvalue weighted by atomic mass is 10.2. The number of hydrogen-bond acceptors (Lipinski definition) is 3. The van der Waals surface area contributed by atoms with E-state index in [1.165, 1.54) is 11.3 Å². The van der Waals surface area contributed by atoms with Gasteiger partial charge in [0.1, 0.15) is 9.34 Å². The van der Waals surface area contributed by atoms with E-state index in [2.05, 4.69) is 20.9 Å². The van der Waals surface area contributed by atoms with E-state index in [9.17, 15) is 0 Å². The smallest absolute Gasteiger partial charge is 0.125 e. The first-order valence-electron chi connectivity index (χ1n) is 4.32. The van der Waals surface area contributed by atoms with Crippen LogP contribution in [0.3, 0.4) is 0 Å². The molecule has 2 nitrogen and oxygen atoms in total. The van der Waals surface area contributed by atoms with Crippen LogP contribution in [0.2, 0.25) is 4.34 Å². The molecule has 0 aliphatic carbocycles. The Morgan fingerprint density at radius 3 is 2.87 bits per heavy atom. The second-order valence-corrected chi connectivity index (χ2v) is 5.47. The molecule has 0 unspecified atom stereocenters. The van der Waals surface area contributed by atoms with Crippen LogP contribution in [-0.2, 0) is 6.54 Å². The normalized spacial score (nSPS) is 10.6. The highest BCUT2D eigenvalue weighted by Gasteiger charge is 2.09. The predicted molar refractivity (Wildman–Crippen MR) is 68.2 cm³/mol. The van der Waals surface area contributed by atoms with Crippen LogP contribution in [0.15, 0.2) is 28.7 Å². The van der Waals surface area contributed by atoms with Crippen molar-refractivity contribution in [2.24, 2.45) is 5.73 Å². The summed E-state index contributed by atoms with van der Waals surface area (Å²) >= 11 is 10.9. The monoisotopic (exact) mass is 302 g/mol. The summed E-state index contributed by atoms with van der Waals surface area (Å²) in [5.74, 6) is 0. The molecule has 0 spiro atoms. The zero-order valence-corrected chi connectivity index (χ0v) is 10.9. The third-order valence-electron chi connectivity index (χ3n) is 1.91. The molecule has 0 amide bonds. The summed E-state index contributed by atoms with van der Waals surface area (Å²) in [6.07, 6.45) is 0. The lowest BCUT2D eigenvalue weighted by molar-refractivity contribution is 1.01. The van der Waals surface area contributed by atoms with Gasteiger partial charge >= 0.3 is 0 Å². The van der Waals surface area contributed by atoms with Crippen molar-refractivity contribution in [2.45, 2.75) is 6.54 Å². The van der Waals surface area contributed by atoms with Crippen LogP contribution in [0.25, 0.3) is 10.6 Å². The highest BCUT2D eigenvalue weighted by atomic mass is 79.9. The van der Waals surface area contributed by atoms with Crippen molar-refractivity contribution in [3.05, 3.63) is 38.8 Å². The van der Waals surface area contributed by atoms with Gasteiger partial charge in [0.05, 0.1) is 5.69 Å². The summed E-state index contributed by atoms with van der Waals surface area (Å²) in [6, 6.07) is 7.95. The van der Waals surface area contributed by atoms with Crippen LogP contribution in [0.5, 0.6) is 0 Å². The molecule has 0 saturated heterocycles. The van der Waals surface area contributed by atoms with Crippen molar-refractivity contribution in [1.82, 2.24) is 4.98 Å². The van der Waals surface area contributed by atoms with Crippen molar-refractivity contribution in [2.75, 3.05) is 0 Å². The quantitative estimate of drug-likeness (QED) is 0.919. The highest BCUT2D eigenvalue weighted by molar-refractivity contribution is 9.10. The molecule has 1 aromatic heterocycles. The summed E-state index contributed by atoms with van der Waals surface area (Å²) in [5.41, 5.74) is 7.34. The van der Waals surface area contributed by atoms with Gasteiger partial charge in [0.25, 0.3) is 0 Å². The first kappa shape index (κ1) is 11.1. The molecule has 5 heteroatoms. The van der Waals surface area contributed by atoms with E-state index >= 15 is 0 Å². The van der Waals surface area contributed by atoms with Gasteiger partial charge in [-0.05, 0) is 12.1 Å². The Morgan fingerprint density at radius 1 is 1.47 bits per heavy atom. The van der Waals surface area contributed by atoms with Gasteiger partial charge in [0, 0.05) is 16.6 Å². The second kappa shape index (κ2) is 4.61. The van der Waals surface area contributed by atoms with Crippen LogP contribution in [0.1, 0.15) is 5.69 Å². The Hall–Kier alpha value is -0.420. The van der Waals surface area contributed by atoms with E-state index in [0.29, 0.717) is 10.9 Å². The Kier molecular flexibility index (Phi) is 3.41. The van der Waals surface area contributed by atoms with E-state index in [1.807, 2.05) is 24.3 Å². The van der Waals surface area contributed by atoms with E-state index < -0.39 is 0 Å². The molecule has 0 bridgehead atoms. The van der Waals surface area contributed by atoms with Gasteiger partial charge in [-0.25, -0.2) is 4.98 Å². The number of rotatable bonds is 2. The van der Waals surface area contributed by atoms with Crippen molar-refractivity contribution in [1.29, 1.82) is 0 Å². The fourth-order valence-electron chi connectivity index (χ4n) is 1.20. The lowest BCUT2D eigenvalue weighted by Crippen LogP contribution is -1.96. The number of benzene rings is 1. The summed E-state index contributed by atoms with van der Waals surface area (Å²) < 4.78 is 1.70. The maximum atomic E-state index is 6.00. The standard InChI is InChI=1S/C10H8BrClN2S/c11-7-3-1-2-6(4-7)10-14-8(5-13)9(12)15-10/h1-4H,5,13H2. The molecule has 2 aromatic rings. The zero-order chi connectivity index (χ0) is 10.8. The number of aromatic nitrogens is 1. The minimum Gasteiger partial charge on any atom is -0.325 e. The van der Waals surface area contributed by atoms with E-state index in [4.69, 9.17) is 17.3 Å². The molecular weight excluding hydrogens is 296 g/mol. The van der Waals surface area contributed by atoms with Crippen molar-refractivity contribution < 1.29 is 0 Å². The minimum atomic E-state index is 0.378. The van der Waals surface area contributed by atoms with Gasteiger partial charge in [-0.2, -0.15) is 0 Å². The van der Waals surface area contributed by atoms with Gasteiger partial charge in [-0.1, -0.05) is 39.7 Å². The maximum absolute atomic E-state index is 6.00. The SMILES string of the molecule is NCc1nc(-c2cccc(Br)c2)sc1Cl. The largest absolute Gasteiger partial charge is 0.325 e. The van der Waals surface area contributed by atoms with E-state index in [1.54, 1.807) is 0 Å². The summed E-state index contributed by atoms with van der Waals surface area (Å²) in [6.45, 7) is 0.378. The van der Waals surface area contributed by atoms with E-state index in [-0.39, 0.29) is 0 Å². The first-order valence-corrected chi connectivity index (χ1v) is 6.30. The summed E-state index contributed by atoms with van der Waals surface area (Å²) in [4.78, 5) is 4.38. The molecule has 1 heterocycles. The molecule has 0 fully saturated rings. The van der Waals surface area contributed by atoms with Crippen LogP contribution in [-0.4, -0.2) is 4.98 Å². The Morgan fingerprint density at radius 2 is 2.27 bits per heavy atom. The summed E-state index contributed by atoms with van der Waals surface area (Å²) in [5, 5.41) is 0.904. The zero-order valence-electron chi connectivity index (χ0n) is 7.71. The van der Waals surface area contributed by atoms with Crippen molar-refractivity contribution in [3.63, 3.8) is 0 Å². The molecule has 0 aliphatic heterocycles. The fourth-order valence-corrected chi connectivity index (χ4v) is 2.76. The van der Waals surface area contributed by atoms with Gasteiger partial charge in [0.15, 0.2) is 0 Å². The third kappa shape index (κ3) is 2.39. The van der Waals surface area contributed by atoms with Crippen LogP contribution < -0.4 is 5.73 Å². The molecule has 2 rings (SSSR count). The molecule has 78 valence electrons. The highest BCUT2D eigenvalue weighted by Crippen LogP contribution is 2.32. The molecule has 15 heavy (non-hydrogen) atoms. The van der Waals surface area contributed by atoms with Crippen molar-refractivity contribution >= 4 is 38.9 Å². The average Bonchev–Trinajstić information content (AvgIpc) is 2.60. The molecule has 1 aromatic carbocycles. The maximum Gasteiger partial charge on any atom is 0.125 e. The van der Waals surface area contributed by atoms with Crippen LogP contribution in [0.4, 0.5) is 0 Å². The second-order valence-electron chi connectivity index (χ2n) is 2.95. The van der Waals surface area contributed by atoms with Gasteiger partial charge in [-0.15, -0.1) is 11.3 Å². The van der Waals surface area contributed by atoms with Crippen LogP contribution in [0, 0.1) is 0 Å². The lowest BCUT2D eigenvalue weighted by Gasteiger charge is -1.95. The Balaban J connectivity index is 2.45. The van der Waals surface area contributed by atoms with Gasteiger partial charge < -0.3 is 5.73 Å². The third-order valence-corrected chi connectivity index (χ3v) is 3.79. The van der Waals surface area contributed by atoms with Gasteiger partial charge in [-0.3, -0.25) is 0 Å². The van der Waals surface area contributed by atoms with Gasteiger partial charge in [0.2, 0.25) is 0 Å². The summed E-state index contributed by atoms with van der Waals surface area (Å²) in [7, 11) is 0. The predicted octanol–water partition coefficient (Wildman–Crippen LogP) is 3.68. The molecule has 2 N–H and O–H groups in total. The number of thiazole rings is 1. The Labute approximate surface area is 105 Å². The number of hydrogen-bond donors (Lipinski definition) is 1. The Bertz CT molecular complexity index is 484. The molecule has 0 saturated carbocycles.